The average Bonchev–Trinajstić information content (AvgIpc) is 3.29. The van der Waals surface area contributed by atoms with Crippen molar-refractivity contribution in [3.8, 4) is 11.5 Å². The lowest BCUT2D eigenvalue weighted by molar-refractivity contribution is 0.125. The SMILES string of the molecule is CC(C)(c1ccc(OCCCn2ccnc2)cc1)c1ccc(OCC(O)CCl)c(Cl)c1. The summed E-state index contributed by atoms with van der Waals surface area (Å²) < 4.78 is 13.5. The van der Waals surface area contributed by atoms with Crippen molar-refractivity contribution in [2.24, 2.45) is 0 Å². The van der Waals surface area contributed by atoms with Crippen LogP contribution >= 0.6 is 23.2 Å². The zero-order chi connectivity index (χ0) is 22.3. The van der Waals surface area contributed by atoms with Gasteiger partial charge in [0.2, 0.25) is 0 Å². The highest BCUT2D eigenvalue weighted by molar-refractivity contribution is 6.32. The van der Waals surface area contributed by atoms with Crippen LogP contribution in [-0.2, 0) is 12.0 Å². The largest absolute Gasteiger partial charge is 0.494 e. The number of alkyl halides is 1. The van der Waals surface area contributed by atoms with Gasteiger partial charge in [0.25, 0.3) is 0 Å². The lowest BCUT2D eigenvalue weighted by Crippen LogP contribution is -2.20. The van der Waals surface area contributed by atoms with E-state index in [9.17, 15) is 5.11 Å². The summed E-state index contributed by atoms with van der Waals surface area (Å²) in [5.41, 5.74) is 1.97. The molecular formula is C24H28Cl2N2O3. The fraction of sp³-hybridized carbons (Fsp3) is 0.375. The quantitative estimate of drug-likeness (QED) is 0.309. The van der Waals surface area contributed by atoms with Crippen molar-refractivity contribution in [1.29, 1.82) is 0 Å². The predicted octanol–water partition coefficient (Wildman–Crippen LogP) is 5.31. The van der Waals surface area contributed by atoms with Gasteiger partial charge in [-0.1, -0.05) is 43.6 Å². The Kier molecular flexibility index (Phi) is 8.24. The van der Waals surface area contributed by atoms with E-state index in [0.717, 1.165) is 29.8 Å². The fourth-order valence-electron chi connectivity index (χ4n) is 3.23. The molecule has 3 aromatic rings. The van der Waals surface area contributed by atoms with E-state index >= 15 is 0 Å². The van der Waals surface area contributed by atoms with Crippen molar-refractivity contribution in [2.75, 3.05) is 19.1 Å². The van der Waals surface area contributed by atoms with Crippen LogP contribution < -0.4 is 9.47 Å². The second-order valence-corrected chi connectivity index (χ2v) is 8.63. The van der Waals surface area contributed by atoms with E-state index in [1.807, 2.05) is 47.4 Å². The van der Waals surface area contributed by atoms with E-state index in [0.29, 0.717) is 17.4 Å². The van der Waals surface area contributed by atoms with Gasteiger partial charge in [0, 0.05) is 24.4 Å². The van der Waals surface area contributed by atoms with Crippen LogP contribution in [0, 0.1) is 0 Å². The number of aliphatic hydroxyl groups is 1. The van der Waals surface area contributed by atoms with Crippen molar-refractivity contribution in [1.82, 2.24) is 9.55 Å². The Labute approximate surface area is 193 Å². The molecule has 1 unspecified atom stereocenters. The topological polar surface area (TPSA) is 56.5 Å². The smallest absolute Gasteiger partial charge is 0.138 e. The minimum absolute atomic E-state index is 0.107. The molecule has 3 rings (SSSR count). The molecule has 1 N–H and O–H groups in total. The maximum atomic E-state index is 9.56. The highest BCUT2D eigenvalue weighted by Gasteiger charge is 2.24. The second-order valence-electron chi connectivity index (χ2n) is 7.92. The number of aliphatic hydroxyl groups excluding tert-OH is 1. The van der Waals surface area contributed by atoms with Gasteiger partial charge in [-0.3, -0.25) is 0 Å². The second kappa shape index (κ2) is 10.9. The van der Waals surface area contributed by atoms with Gasteiger partial charge in [-0.15, -0.1) is 11.6 Å². The Balaban J connectivity index is 1.59. The molecule has 0 saturated carbocycles. The molecule has 1 atom stereocenters. The third-order valence-corrected chi connectivity index (χ3v) is 5.88. The fourth-order valence-corrected chi connectivity index (χ4v) is 3.55. The maximum absolute atomic E-state index is 9.56. The van der Waals surface area contributed by atoms with Gasteiger partial charge in [-0.05, 0) is 41.8 Å². The molecule has 1 aromatic heterocycles. The number of aromatic nitrogens is 2. The Morgan fingerprint density at radius 2 is 1.84 bits per heavy atom. The Morgan fingerprint density at radius 3 is 2.48 bits per heavy atom. The number of hydrogen-bond donors (Lipinski definition) is 1. The minimum Gasteiger partial charge on any atom is -0.494 e. The number of nitrogens with zero attached hydrogens (tertiary/aromatic N) is 2. The highest BCUT2D eigenvalue weighted by Crippen LogP contribution is 2.36. The van der Waals surface area contributed by atoms with Crippen molar-refractivity contribution in [3.63, 3.8) is 0 Å². The van der Waals surface area contributed by atoms with Crippen LogP contribution in [0.4, 0.5) is 0 Å². The first-order chi connectivity index (χ1) is 14.9. The first kappa shape index (κ1) is 23.5. The third-order valence-electron chi connectivity index (χ3n) is 5.23. The van der Waals surface area contributed by atoms with Gasteiger partial charge in [-0.2, -0.15) is 0 Å². The summed E-state index contributed by atoms with van der Waals surface area (Å²) in [5, 5.41) is 10.1. The van der Waals surface area contributed by atoms with Crippen LogP contribution in [0.5, 0.6) is 11.5 Å². The van der Waals surface area contributed by atoms with Crippen LogP contribution in [0.1, 0.15) is 31.4 Å². The zero-order valence-corrected chi connectivity index (χ0v) is 19.3. The molecule has 166 valence electrons. The van der Waals surface area contributed by atoms with Crippen molar-refractivity contribution in [3.05, 3.63) is 77.3 Å². The number of hydrogen-bond acceptors (Lipinski definition) is 4. The summed E-state index contributed by atoms with van der Waals surface area (Å²) in [7, 11) is 0. The Hall–Kier alpha value is -2.21. The summed E-state index contributed by atoms with van der Waals surface area (Å²) >= 11 is 12.0. The van der Waals surface area contributed by atoms with Crippen molar-refractivity contribution < 1.29 is 14.6 Å². The molecule has 0 radical (unpaired) electrons. The van der Waals surface area contributed by atoms with Gasteiger partial charge >= 0.3 is 0 Å². The summed E-state index contributed by atoms with van der Waals surface area (Å²) in [5.74, 6) is 1.50. The molecule has 0 fully saturated rings. The first-order valence-electron chi connectivity index (χ1n) is 10.3. The lowest BCUT2D eigenvalue weighted by Gasteiger charge is -2.27. The van der Waals surface area contributed by atoms with Crippen LogP contribution in [0.25, 0.3) is 0 Å². The normalized spacial score (nSPS) is 12.5. The molecule has 2 aromatic carbocycles. The standard InChI is InChI=1S/C24H28Cl2N2O3/c1-24(2,19-6-9-23(22(26)14-19)31-16-20(29)15-25)18-4-7-21(8-5-18)30-13-3-11-28-12-10-27-17-28/h4-10,12,14,17,20,29H,3,11,13,15-16H2,1-2H3. The molecule has 0 saturated heterocycles. The molecule has 31 heavy (non-hydrogen) atoms. The van der Waals surface area contributed by atoms with Crippen molar-refractivity contribution in [2.45, 2.75) is 38.3 Å². The van der Waals surface area contributed by atoms with Gasteiger partial charge < -0.3 is 19.1 Å². The first-order valence-corrected chi connectivity index (χ1v) is 11.2. The molecule has 0 bridgehead atoms. The third kappa shape index (κ3) is 6.39. The predicted molar refractivity (Wildman–Crippen MR) is 125 cm³/mol. The van der Waals surface area contributed by atoms with E-state index in [1.165, 1.54) is 0 Å². The van der Waals surface area contributed by atoms with E-state index in [4.69, 9.17) is 32.7 Å². The van der Waals surface area contributed by atoms with E-state index in [1.54, 1.807) is 6.20 Å². The minimum atomic E-state index is -0.722. The van der Waals surface area contributed by atoms with Gasteiger partial charge in [0.1, 0.15) is 24.2 Å². The number of imidazole rings is 1. The molecule has 0 aliphatic rings. The maximum Gasteiger partial charge on any atom is 0.138 e. The summed E-state index contributed by atoms with van der Waals surface area (Å²) in [6.07, 6.45) is 5.73. The molecule has 0 spiro atoms. The van der Waals surface area contributed by atoms with Gasteiger partial charge in [0.05, 0.1) is 23.8 Å². The van der Waals surface area contributed by atoms with Gasteiger partial charge in [0.15, 0.2) is 0 Å². The molecule has 0 aliphatic carbocycles. The van der Waals surface area contributed by atoms with E-state index in [-0.39, 0.29) is 17.9 Å². The molecule has 0 aliphatic heterocycles. The van der Waals surface area contributed by atoms with Gasteiger partial charge in [-0.25, -0.2) is 4.98 Å². The van der Waals surface area contributed by atoms with Crippen LogP contribution in [0.3, 0.4) is 0 Å². The number of aryl methyl sites for hydroxylation is 1. The van der Waals surface area contributed by atoms with Crippen LogP contribution in [0.15, 0.2) is 61.2 Å². The number of halogens is 2. The number of rotatable bonds is 11. The van der Waals surface area contributed by atoms with Crippen LogP contribution in [0.2, 0.25) is 5.02 Å². The Bertz CT molecular complexity index is 944. The molecular weight excluding hydrogens is 435 g/mol. The summed E-state index contributed by atoms with van der Waals surface area (Å²) in [4.78, 5) is 4.04. The van der Waals surface area contributed by atoms with Crippen molar-refractivity contribution >= 4 is 23.2 Å². The zero-order valence-electron chi connectivity index (χ0n) is 17.8. The molecule has 7 heteroatoms. The van der Waals surface area contributed by atoms with E-state index < -0.39 is 6.10 Å². The summed E-state index contributed by atoms with van der Waals surface area (Å²) in [6.45, 7) is 5.94. The average molecular weight is 463 g/mol. The molecule has 0 amide bonds. The highest BCUT2D eigenvalue weighted by atomic mass is 35.5. The monoisotopic (exact) mass is 462 g/mol. The lowest BCUT2D eigenvalue weighted by atomic mass is 9.78. The number of benzene rings is 2. The number of ether oxygens (including phenoxy) is 2. The summed E-state index contributed by atoms with van der Waals surface area (Å²) in [6, 6.07) is 13.9. The Morgan fingerprint density at radius 1 is 1.10 bits per heavy atom. The molecule has 1 heterocycles. The van der Waals surface area contributed by atoms with Crippen LogP contribution in [-0.4, -0.2) is 39.9 Å². The molecule has 5 nitrogen and oxygen atoms in total. The van der Waals surface area contributed by atoms with E-state index in [2.05, 4.69) is 31.0 Å².